The number of anilines is 1. The third-order valence-electron chi connectivity index (χ3n) is 4.00. The predicted octanol–water partition coefficient (Wildman–Crippen LogP) is 3.40. The summed E-state index contributed by atoms with van der Waals surface area (Å²) in [5.41, 5.74) is 4.55. The molecule has 0 atom stereocenters. The third-order valence-corrected chi connectivity index (χ3v) is 4.00. The first-order chi connectivity index (χ1) is 12.2. The van der Waals surface area contributed by atoms with Gasteiger partial charge < -0.3 is 15.7 Å². The number of pyridine rings is 1. The van der Waals surface area contributed by atoms with Crippen molar-refractivity contribution in [1.82, 2.24) is 10.3 Å². The maximum Gasteiger partial charge on any atom is 0.319 e. The number of aliphatic hydroxyl groups excluding tert-OH is 1. The molecule has 0 spiro atoms. The molecule has 2 amide bonds. The largest absolute Gasteiger partial charge is 0.392 e. The summed E-state index contributed by atoms with van der Waals surface area (Å²) in [7, 11) is 0. The number of urea groups is 1. The lowest BCUT2D eigenvalue weighted by Gasteiger charge is -2.11. The number of carbonyl (C=O) groups excluding carboxylic acids is 1. The molecule has 0 unspecified atom stereocenters. The predicted molar refractivity (Wildman–Crippen MR) is 99.6 cm³/mol. The van der Waals surface area contributed by atoms with Crippen molar-refractivity contribution in [3.05, 3.63) is 71.4 Å². The van der Waals surface area contributed by atoms with E-state index >= 15 is 0 Å². The first kappa shape index (κ1) is 16.9. The number of aliphatic hydroxyl groups is 1. The second-order valence-electron chi connectivity index (χ2n) is 5.99. The number of nitrogens with one attached hydrogen (secondary N) is 2. The molecule has 5 heteroatoms. The second-order valence-corrected chi connectivity index (χ2v) is 5.99. The molecular weight excluding hydrogens is 314 g/mol. The van der Waals surface area contributed by atoms with E-state index in [-0.39, 0.29) is 12.6 Å². The summed E-state index contributed by atoms with van der Waals surface area (Å²) in [4.78, 5) is 16.5. The van der Waals surface area contributed by atoms with E-state index in [4.69, 9.17) is 5.11 Å². The lowest BCUT2D eigenvalue weighted by molar-refractivity contribution is 0.252. The molecule has 0 fully saturated rings. The van der Waals surface area contributed by atoms with Gasteiger partial charge in [-0.25, -0.2) is 4.79 Å². The molecule has 0 radical (unpaired) electrons. The average molecular weight is 335 g/mol. The zero-order chi connectivity index (χ0) is 17.6. The highest BCUT2D eigenvalue weighted by molar-refractivity contribution is 5.99. The maximum atomic E-state index is 12.2. The van der Waals surface area contributed by atoms with Gasteiger partial charge in [0.15, 0.2) is 0 Å². The van der Waals surface area contributed by atoms with Gasteiger partial charge in [0.25, 0.3) is 0 Å². The lowest BCUT2D eigenvalue weighted by Crippen LogP contribution is -2.30. The molecule has 3 N–H and O–H groups in total. The molecule has 1 aromatic heterocycles. The number of carbonyl (C=O) groups is 1. The quantitative estimate of drug-likeness (QED) is 0.669. The van der Waals surface area contributed by atoms with Crippen molar-refractivity contribution in [2.24, 2.45) is 0 Å². The van der Waals surface area contributed by atoms with Crippen molar-refractivity contribution in [3.63, 3.8) is 0 Å². The summed E-state index contributed by atoms with van der Waals surface area (Å²) in [6.45, 7) is 2.56. The topological polar surface area (TPSA) is 74.2 Å². The summed E-state index contributed by atoms with van der Waals surface area (Å²) in [6, 6.07) is 15.3. The molecule has 0 saturated carbocycles. The van der Waals surface area contributed by atoms with Crippen LogP contribution in [0.3, 0.4) is 0 Å². The molecule has 0 saturated heterocycles. The molecule has 3 rings (SSSR count). The third kappa shape index (κ3) is 4.33. The minimum Gasteiger partial charge on any atom is -0.392 e. The van der Waals surface area contributed by atoms with Crippen LogP contribution in [0, 0.1) is 6.92 Å². The van der Waals surface area contributed by atoms with Crippen molar-refractivity contribution in [2.45, 2.75) is 20.0 Å². The van der Waals surface area contributed by atoms with E-state index in [1.54, 1.807) is 6.20 Å². The van der Waals surface area contributed by atoms with Gasteiger partial charge in [-0.05, 0) is 48.2 Å². The molecule has 0 aliphatic rings. The monoisotopic (exact) mass is 335 g/mol. The Morgan fingerprint density at radius 2 is 1.88 bits per heavy atom. The van der Waals surface area contributed by atoms with Crippen molar-refractivity contribution in [1.29, 1.82) is 0 Å². The maximum absolute atomic E-state index is 12.2. The number of hydrogen-bond donors (Lipinski definition) is 3. The van der Waals surface area contributed by atoms with Crippen molar-refractivity contribution in [2.75, 3.05) is 11.9 Å². The molecule has 128 valence electrons. The van der Waals surface area contributed by atoms with E-state index in [1.165, 1.54) is 0 Å². The molecule has 0 bridgehead atoms. The Kier molecular flexibility index (Phi) is 5.26. The molecule has 3 aromatic rings. The van der Waals surface area contributed by atoms with Crippen LogP contribution in [-0.2, 0) is 13.0 Å². The Balaban J connectivity index is 1.59. The van der Waals surface area contributed by atoms with E-state index in [0.717, 1.165) is 34.0 Å². The van der Waals surface area contributed by atoms with Gasteiger partial charge in [0, 0.05) is 18.1 Å². The van der Waals surface area contributed by atoms with Crippen LogP contribution in [0.5, 0.6) is 0 Å². The van der Waals surface area contributed by atoms with Gasteiger partial charge in [-0.3, -0.25) is 4.98 Å². The highest BCUT2D eigenvalue weighted by atomic mass is 16.3. The molecule has 0 aliphatic heterocycles. The number of nitrogens with zero attached hydrogens (tertiary/aromatic N) is 1. The van der Waals surface area contributed by atoms with Crippen LogP contribution >= 0.6 is 0 Å². The van der Waals surface area contributed by atoms with Crippen LogP contribution in [0.2, 0.25) is 0 Å². The van der Waals surface area contributed by atoms with Gasteiger partial charge >= 0.3 is 6.03 Å². The number of fused-ring (bicyclic) bond motifs is 1. The Bertz CT molecular complexity index is 876. The van der Waals surface area contributed by atoms with Gasteiger partial charge in [-0.1, -0.05) is 30.3 Å². The van der Waals surface area contributed by atoms with Crippen molar-refractivity contribution >= 4 is 22.6 Å². The fraction of sp³-hybridized carbons (Fsp3) is 0.200. The zero-order valence-corrected chi connectivity index (χ0v) is 14.1. The fourth-order valence-electron chi connectivity index (χ4n) is 2.74. The molecular formula is C20H21N3O2. The Morgan fingerprint density at radius 1 is 1.12 bits per heavy atom. The standard InChI is InChI=1S/C20H21N3O2/c1-14-11-17-3-2-9-21-19(17)18(12-14)23-20(25)22-10-8-15-4-6-16(13-24)7-5-15/h2-7,9,11-12,24H,8,10,13H2,1H3,(H2,22,23,25). The summed E-state index contributed by atoms with van der Waals surface area (Å²) in [6.07, 6.45) is 2.45. The molecule has 5 nitrogen and oxygen atoms in total. The SMILES string of the molecule is Cc1cc(NC(=O)NCCc2ccc(CO)cc2)c2ncccc2c1. The first-order valence-electron chi connectivity index (χ1n) is 8.24. The van der Waals surface area contributed by atoms with Gasteiger partial charge in [0.05, 0.1) is 17.8 Å². The number of aromatic nitrogens is 1. The summed E-state index contributed by atoms with van der Waals surface area (Å²) < 4.78 is 0. The normalized spacial score (nSPS) is 10.6. The number of amides is 2. The first-order valence-corrected chi connectivity index (χ1v) is 8.24. The highest BCUT2D eigenvalue weighted by Gasteiger charge is 2.07. The van der Waals surface area contributed by atoms with E-state index in [0.29, 0.717) is 12.2 Å². The van der Waals surface area contributed by atoms with Gasteiger partial charge in [-0.2, -0.15) is 0 Å². The van der Waals surface area contributed by atoms with E-state index in [2.05, 4.69) is 15.6 Å². The van der Waals surface area contributed by atoms with Gasteiger partial charge in [0.2, 0.25) is 0 Å². The van der Waals surface area contributed by atoms with Crippen molar-refractivity contribution < 1.29 is 9.90 Å². The number of rotatable bonds is 5. The van der Waals surface area contributed by atoms with E-state index in [1.807, 2.05) is 55.5 Å². The summed E-state index contributed by atoms with van der Waals surface area (Å²) in [5, 5.41) is 15.8. The fourth-order valence-corrected chi connectivity index (χ4v) is 2.74. The van der Waals surface area contributed by atoms with Crippen molar-refractivity contribution in [3.8, 4) is 0 Å². The minimum atomic E-state index is -0.246. The lowest BCUT2D eigenvalue weighted by atomic mass is 10.1. The Morgan fingerprint density at radius 3 is 2.64 bits per heavy atom. The molecule has 25 heavy (non-hydrogen) atoms. The van der Waals surface area contributed by atoms with Crippen LogP contribution in [0.4, 0.5) is 10.5 Å². The van der Waals surface area contributed by atoms with Crippen LogP contribution in [-0.4, -0.2) is 22.7 Å². The Labute approximate surface area is 146 Å². The number of aryl methyl sites for hydroxylation is 1. The van der Waals surface area contributed by atoms with Gasteiger partial charge in [0.1, 0.15) is 0 Å². The second kappa shape index (κ2) is 7.77. The molecule has 1 heterocycles. The molecule has 2 aromatic carbocycles. The van der Waals surface area contributed by atoms with Crippen LogP contribution in [0.15, 0.2) is 54.7 Å². The summed E-state index contributed by atoms with van der Waals surface area (Å²) in [5.74, 6) is 0. The average Bonchev–Trinajstić information content (AvgIpc) is 2.62. The zero-order valence-electron chi connectivity index (χ0n) is 14.1. The van der Waals surface area contributed by atoms with Crippen LogP contribution in [0.1, 0.15) is 16.7 Å². The van der Waals surface area contributed by atoms with Gasteiger partial charge in [-0.15, -0.1) is 0 Å². The smallest absolute Gasteiger partial charge is 0.319 e. The van der Waals surface area contributed by atoms with Crippen LogP contribution < -0.4 is 10.6 Å². The number of hydrogen-bond acceptors (Lipinski definition) is 3. The Hall–Kier alpha value is -2.92. The van der Waals surface area contributed by atoms with E-state index < -0.39 is 0 Å². The molecule has 0 aliphatic carbocycles. The summed E-state index contributed by atoms with van der Waals surface area (Å²) >= 11 is 0. The number of benzene rings is 2. The van der Waals surface area contributed by atoms with Crippen LogP contribution in [0.25, 0.3) is 10.9 Å². The highest BCUT2D eigenvalue weighted by Crippen LogP contribution is 2.23. The van der Waals surface area contributed by atoms with E-state index in [9.17, 15) is 4.79 Å². The minimum absolute atomic E-state index is 0.0411.